The van der Waals surface area contributed by atoms with Crippen molar-refractivity contribution in [2.24, 2.45) is 0 Å². The van der Waals surface area contributed by atoms with Gasteiger partial charge in [0.05, 0.1) is 5.69 Å². The third-order valence-electron chi connectivity index (χ3n) is 2.04. The molecule has 0 aliphatic heterocycles. The van der Waals surface area contributed by atoms with Gasteiger partial charge in [-0.1, -0.05) is 18.5 Å². The van der Waals surface area contributed by atoms with Gasteiger partial charge in [0, 0.05) is 11.4 Å². The van der Waals surface area contributed by atoms with Crippen LogP contribution in [0.5, 0.6) is 0 Å². The van der Waals surface area contributed by atoms with Crippen molar-refractivity contribution in [1.82, 2.24) is 14.8 Å². The Hall–Kier alpha value is -1.06. The fourth-order valence-electron chi connectivity index (χ4n) is 1.33. The molecule has 0 amide bonds. The molecule has 2 aromatic rings. The molecule has 2 rings (SSSR count). The van der Waals surface area contributed by atoms with Crippen LogP contribution in [0.3, 0.4) is 0 Å². The Kier molecular flexibility index (Phi) is 2.93. The van der Waals surface area contributed by atoms with Gasteiger partial charge in [-0.2, -0.15) is 0 Å². The predicted molar refractivity (Wildman–Crippen MR) is 60.8 cm³/mol. The molecule has 0 radical (unpaired) electrons. The third kappa shape index (κ3) is 2.13. The number of nitrogens with zero attached hydrogens (tertiary/aromatic N) is 3. The molecule has 0 atom stereocenters. The quantitative estimate of drug-likeness (QED) is 0.809. The summed E-state index contributed by atoms with van der Waals surface area (Å²) >= 11 is 11.6. The summed E-state index contributed by atoms with van der Waals surface area (Å²) in [6.45, 7) is 2.01. The summed E-state index contributed by atoms with van der Waals surface area (Å²) in [5.74, 6) is 0.835. The molecule has 1 aromatic carbocycles. The second-order valence-corrected chi connectivity index (χ2v) is 3.81. The summed E-state index contributed by atoms with van der Waals surface area (Å²) in [5, 5.41) is 5.07. The minimum absolute atomic E-state index is 0.266. The lowest BCUT2D eigenvalue weighted by Crippen LogP contribution is -2.01. The predicted octanol–water partition coefficient (Wildman–Crippen LogP) is 3.14. The van der Waals surface area contributed by atoms with E-state index in [0.29, 0.717) is 5.02 Å². The van der Waals surface area contributed by atoms with Crippen LogP contribution in [0.2, 0.25) is 10.3 Å². The van der Waals surface area contributed by atoms with Gasteiger partial charge in [0.15, 0.2) is 0 Å². The minimum Gasteiger partial charge on any atom is -0.216 e. The van der Waals surface area contributed by atoms with Crippen molar-refractivity contribution in [2.45, 2.75) is 13.3 Å². The zero-order valence-electron chi connectivity index (χ0n) is 8.11. The Balaban J connectivity index is 2.48. The van der Waals surface area contributed by atoms with Crippen LogP contribution in [0.1, 0.15) is 12.7 Å². The van der Waals surface area contributed by atoms with Crippen molar-refractivity contribution in [3.63, 3.8) is 0 Å². The molecule has 0 aliphatic carbocycles. The molecule has 0 saturated heterocycles. The summed E-state index contributed by atoms with van der Waals surface area (Å²) in [7, 11) is 0. The first kappa shape index (κ1) is 10.5. The van der Waals surface area contributed by atoms with Crippen LogP contribution in [-0.2, 0) is 6.42 Å². The van der Waals surface area contributed by atoms with Gasteiger partial charge in [0.1, 0.15) is 5.82 Å². The van der Waals surface area contributed by atoms with E-state index in [1.54, 1.807) is 4.68 Å². The third-order valence-corrected chi connectivity index (χ3v) is 2.45. The van der Waals surface area contributed by atoms with Crippen molar-refractivity contribution in [1.29, 1.82) is 0 Å². The number of aryl methyl sites for hydroxylation is 1. The molecule has 1 aromatic heterocycles. The van der Waals surface area contributed by atoms with Gasteiger partial charge in [0.2, 0.25) is 5.28 Å². The van der Waals surface area contributed by atoms with Crippen LogP contribution in [0.15, 0.2) is 24.3 Å². The largest absolute Gasteiger partial charge is 0.243 e. The van der Waals surface area contributed by atoms with Gasteiger partial charge >= 0.3 is 0 Å². The molecule has 0 saturated carbocycles. The molecular weight excluding hydrogens is 233 g/mol. The molecule has 3 nitrogen and oxygen atoms in total. The summed E-state index contributed by atoms with van der Waals surface area (Å²) in [6, 6.07) is 7.39. The van der Waals surface area contributed by atoms with Crippen LogP contribution < -0.4 is 0 Å². The average Bonchev–Trinajstić information content (AvgIpc) is 2.61. The van der Waals surface area contributed by atoms with Crippen LogP contribution >= 0.6 is 23.2 Å². The number of aromatic nitrogens is 3. The van der Waals surface area contributed by atoms with Crippen LogP contribution in [0, 0.1) is 0 Å². The number of hydrogen-bond acceptors (Lipinski definition) is 2. The van der Waals surface area contributed by atoms with E-state index in [0.717, 1.165) is 17.9 Å². The Morgan fingerprint density at radius 1 is 1.20 bits per heavy atom. The van der Waals surface area contributed by atoms with Crippen molar-refractivity contribution < 1.29 is 0 Å². The van der Waals surface area contributed by atoms with Crippen molar-refractivity contribution in [2.75, 3.05) is 0 Å². The zero-order chi connectivity index (χ0) is 10.8. The molecule has 0 spiro atoms. The number of rotatable bonds is 2. The Labute approximate surface area is 97.7 Å². The molecule has 0 unspecified atom stereocenters. The van der Waals surface area contributed by atoms with Crippen molar-refractivity contribution in [3.8, 4) is 5.69 Å². The lowest BCUT2D eigenvalue weighted by atomic mass is 10.3. The Bertz CT molecular complexity index is 462. The second kappa shape index (κ2) is 4.21. The smallest absolute Gasteiger partial charge is 0.216 e. The van der Waals surface area contributed by atoms with E-state index in [9.17, 15) is 0 Å². The second-order valence-electron chi connectivity index (χ2n) is 3.04. The number of benzene rings is 1. The first-order valence-electron chi connectivity index (χ1n) is 4.58. The zero-order valence-corrected chi connectivity index (χ0v) is 9.63. The molecule has 0 fully saturated rings. The Morgan fingerprint density at radius 3 is 2.47 bits per heavy atom. The molecule has 0 bridgehead atoms. The van der Waals surface area contributed by atoms with E-state index in [2.05, 4.69) is 10.1 Å². The SMILES string of the molecule is CCc1nc(Cl)nn1-c1ccc(Cl)cc1. The molecule has 0 aliphatic rings. The van der Waals surface area contributed by atoms with Crippen LogP contribution in [0.4, 0.5) is 0 Å². The summed E-state index contributed by atoms with van der Waals surface area (Å²) in [4.78, 5) is 4.11. The number of hydrogen-bond donors (Lipinski definition) is 0. The number of halogens is 2. The fraction of sp³-hybridized carbons (Fsp3) is 0.200. The summed E-state index contributed by atoms with van der Waals surface area (Å²) in [5.41, 5.74) is 0.913. The van der Waals surface area contributed by atoms with E-state index in [1.165, 1.54) is 0 Å². The van der Waals surface area contributed by atoms with E-state index in [-0.39, 0.29) is 5.28 Å². The molecule has 5 heteroatoms. The fourth-order valence-corrected chi connectivity index (χ4v) is 1.63. The standard InChI is InChI=1S/C10H9Cl2N3/c1-2-9-13-10(12)14-15(9)8-5-3-7(11)4-6-8/h3-6H,2H2,1H3. The normalized spacial score (nSPS) is 10.6. The van der Waals surface area contributed by atoms with E-state index < -0.39 is 0 Å². The van der Waals surface area contributed by atoms with E-state index in [4.69, 9.17) is 23.2 Å². The highest BCUT2D eigenvalue weighted by molar-refractivity contribution is 6.30. The highest BCUT2D eigenvalue weighted by atomic mass is 35.5. The van der Waals surface area contributed by atoms with E-state index >= 15 is 0 Å². The van der Waals surface area contributed by atoms with Crippen molar-refractivity contribution >= 4 is 23.2 Å². The van der Waals surface area contributed by atoms with Gasteiger partial charge in [-0.05, 0) is 35.9 Å². The lowest BCUT2D eigenvalue weighted by molar-refractivity contribution is 0.801. The Morgan fingerprint density at radius 2 is 1.87 bits per heavy atom. The molecular formula is C10H9Cl2N3. The highest BCUT2D eigenvalue weighted by Gasteiger charge is 2.07. The highest BCUT2D eigenvalue weighted by Crippen LogP contribution is 2.15. The topological polar surface area (TPSA) is 30.7 Å². The maximum absolute atomic E-state index is 5.81. The van der Waals surface area contributed by atoms with Crippen LogP contribution in [-0.4, -0.2) is 14.8 Å². The maximum Gasteiger partial charge on any atom is 0.243 e. The molecule has 78 valence electrons. The molecule has 0 N–H and O–H groups in total. The molecule has 15 heavy (non-hydrogen) atoms. The van der Waals surface area contributed by atoms with Gasteiger partial charge < -0.3 is 0 Å². The van der Waals surface area contributed by atoms with Crippen LogP contribution in [0.25, 0.3) is 5.69 Å². The maximum atomic E-state index is 5.81. The van der Waals surface area contributed by atoms with E-state index in [1.807, 2.05) is 31.2 Å². The average molecular weight is 242 g/mol. The first-order chi connectivity index (χ1) is 7.20. The van der Waals surface area contributed by atoms with Crippen molar-refractivity contribution in [3.05, 3.63) is 40.4 Å². The minimum atomic E-state index is 0.266. The van der Waals surface area contributed by atoms with Gasteiger partial charge in [-0.25, -0.2) is 9.67 Å². The van der Waals surface area contributed by atoms with Gasteiger partial charge in [-0.3, -0.25) is 0 Å². The first-order valence-corrected chi connectivity index (χ1v) is 5.33. The lowest BCUT2D eigenvalue weighted by Gasteiger charge is -2.03. The van der Waals surface area contributed by atoms with Gasteiger partial charge in [-0.15, -0.1) is 5.10 Å². The summed E-state index contributed by atoms with van der Waals surface area (Å²) < 4.78 is 1.72. The summed E-state index contributed by atoms with van der Waals surface area (Å²) in [6.07, 6.45) is 0.780. The monoisotopic (exact) mass is 241 g/mol. The van der Waals surface area contributed by atoms with Gasteiger partial charge in [0.25, 0.3) is 0 Å². The molecule has 1 heterocycles.